The molecule has 0 heterocycles. The predicted molar refractivity (Wildman–Crippen MR) is 73.1 cm³/mol. The molecule has 0 fully saturated rings. The molecule has 2 amide bonds. The van der Waals surface area contributed by atoms with Gasteiger partial charge in [0.05, 0.1) is 24.2 Å². The molecule has 0 bridgehead atoms. The van der Waals surface area contributed by atoms with Gasteiger partial charge in [0.1, 0.15) is 6.04 Å². The average molecular weight is 332 g/mol. The van der Waals surface area contributed by atoms with Crippen LogP contribution < -0.4 is 11.1 Å². The molecule has 0 unspecified atom stereocenters. The molecule has 0 aliphatic carbocycles. The first-order valence-electron chi connectivity index (χ1n) is 6.58. The van der Waals surface area contributed by atoms with Gasteiger partial charge in [-0.2, -0.15) is 13.2 Å². The fourth-order valence-corrected chi connectivity index (χ4v) is 1.77. The number of hydrogen-bond acceptors (Lipinski definition) is 4. The smallest absolute Gasteiger partial charge is 0.417 e. The minimum atomic E-state index is -4.74. The fraction of sp³-hybridized carbons (Fsp3) is 0.357. The zero-order valence-corrected chi connectivity index (χ0v) is 12.1. The number of benzene rings is 1. The Morgan fingerprint density at radius 1 is 1.26 bits per heavy atom. The van der Waals surface area contributed by atoms with E-state index in [1.807, 2.05) is 5.32 Å². The molecule has 0 aliphatic rings. The van der Waals surface area contributed by atoms with Crippen LogP contribution in [0.25, 0.3) is 0 Å². The van der Waals surface area contributed by atoms with Crippen LogP contribution in [0.4, 0.5) is 13.2 Å². The van der Waals surface area contributed by atoms with Crippen molar-refractivity contribution in [3.63, 3.8) is 0 Å². The van der Waals surface area contributed by atoms with E-state index in [4.69, 9.17) is 5.73 Å². The Hall–Kier alpha value is -2.58. The van der Waals surface area contributed by atoms with E-state index in [9.17, 15) is 27.6 Å². The number of carbonyl (C=O) groups is 3. The Morgan fingerprint density at radius 2 is 1.87 bits per heavy atom. The van der Waals surface area contributed by atoms with E-state index in [1.54, 1.807) is 0 Å². The molecule has 1 aromatic rings. The number of carbonyl (C=O) groups excluding carboxylic acids is 3. The first kappa shape index (κ1) is 18.5. The third kappa shape index (κ3) is 5.28. The zero-order chi connectivity index (χ0) is 17.6. The van der Waals surface area contributed by atoms with Crippen LogP contribution in [0.5, 0.6) is 0 Å². The van der Waals surface area contributed by atoms with E-state index in [0.717, 1.165) is 18.2 Å². The summed E-state index contributed by atoms with van der Waals surface area (Å²) in [5.41, 5.74) is 3.22. The van der Waals surface area contributed by atoms with E-state index >= 15 is 0 Å². The average Bonchev–Trinajstić information content (AvgIpc) is 2.45. The molecule has 0 spiro atoms. The molecule has 0 radical (unpaired) electrons. The molecule has 0 aliphatic heterocycles. The number of primary amides is 1. The molecule has 0 saturated heterocycles. The lowest BCUT2D eigenvalue weighted by Crippen LogP contribution is -2.46. The molecule has 0 saturated carbocycles. The predicted octanol–water partition coefficient (Wildman–Crippen LogP) is 1.24. The van der Waals surface area contributed by atoms with Crippen LogP contribution >= 0.6 is 0 Å². The molecule has 126 valence electrons. The van der Waals surface area contributed by atoms with Gasteiger partial charge in [0.15, 0.2) is 0 Å². The number of hydrogen-bond donors (Lipinski definition) is 2. The lowest BCUT2D eigenvalue weighted by atomic mass is 10.1. The highest BCUT2D eigenvalue weighted by Crippen LogP contribution is 2.31. The van der Waals surface area contributed by atoms with Crippen molar-refractivity contribution in [2.24, 2.45) is 5.73 Å². The molecular weight excluding hydrogens is 317 g/mol. The second-order valence-corrected chi connectivity index (χ2v) is 4.48. The van der Waals surface area contributed by atoms with Gasteiger partial charge < -0.3 is 15.8 Å². The van der Waals surface area contributed by atoms with E-state index in [2.05, 4.69) is 4.74 Å². The molecular formula is C14H15F3N2O4. The SMILES string of the molecule is CCOC(=O)C[C@H](NC(=O)c1ccccc1C(F)(F)F)C(N)=O. The molecule has 3 N–H and O–H groups in total. The van der Waals surface area contributed by atoms with Crippen LogP contribution in [-0.4, -0.2) is 30.4 Å². The summed E-state index contributed by atoms with van der Waals surface area (Å²) in [4.78, 5) is 34.6. The van der Waals surface area contributed by atoms with E-state index in [0.29, 0.717) is 0 Å². The van der Waals surface area contributed by atoms with Crippen molar-refractivity contribution in [2.75, 3.05) is 6.61 Å². The van der Waals surface area contributed by atoms with Crippen molar-refractivity contribution in [3.8, 4) is 0 Å². The standard InChI is InChI=1S/C14H15F3N2O4/c1-2-23-11(20)7-10(12(18)21)19-13(22)8-5-3-4-6-9(8)14(15,16)17/h3-6,10H,2,7H2,1H3,(H2,18,21)(H,19,22)/t10-/m0/s1. The van der Waals surface area contributed by atoms with Gasteiger partial charge in [0, 0.05) is 0 Å². The van der Waals surface area contributed by atoms with Crippen molar-refractivity contribution in [1.82, 2.24) is 5.32 Å². The Balaban J connectivity index is 2.97. The summed E-state index contributed by atoms with van der Waals surface area (Å²) in [5.74, 6) is -3.03. The maximum atomic E-state index is 12.9. The van der Waals surface area contributed by atoms with Crippen molar-refractivity contribution < 1.29 is 32.3 Å². The largest absolute Gasteiger partial charge is 0.466 e. The van der Waals surface area contributed by atoms with E-state index in [-0.39, 0.29) is 6.61 Å². The third-order valence-electron chi connectivity index (χ3n) is 2.80. The van der Waals surface area contributed by atoms with Gasteiger partial charge in [0.25, 0.3) is 5.91 Å². The number of halogens is 3. The van der Waals surface area contributed by atoms with E-state index < -0.39 is 47.5 Å². The van der Waals surface area contributed by atoms with E-state index in [1.165, 1.54) is 13.0 Å². The monoisotopic (exact) mass is 332 g/mol. The highest BCUT2D eigenvalue weighted by Gasteiger charge is 2.35. The minimum Gasteiger partial charge on any atom is -0.466 e. The van der Waals surface area contributed by atoms with Gasteiger partial charge in [-0.15, -0.1) is 0 Å². The number of rotatable bonds is 6. The van der Waals surface area contributed by atoms with Crippen LogP contribution in [0, 0.1) is 0 Å². The topological polar surface area (TPSA) is 98.5 Å². The van der Waals surface area contributed by atoms with Gasteiger partial charge in [-0.3, -0.25) is 14.4 Å². The molecule has 6 nitrogen and oxygen atoms in total. The molecule has 0 aromatic heterocycles. The van der Waals surface area contributed by atoms with Gasteiger partial charge in [-0.25, -0.2) is 0 Å². The summed E-state index contributed by atoms with van der Waals surface area (Å²) < 4.78 is 43.2. The molecule has 1 atom stereocenters. The van der Waals surface area contributed by atoms with Crippen LogP contribution in [-0.2, 0) is 20.5 Å². The number of alkyl halides is 3. The third-order valence-corrected chi connectivity index (χ3v) is 2.80. The van der Waals surface area contributed by atoms with Gasteiger partial charge in [-0.1, -0.05) is 12.1 Å². The second-order valence-electron chi connectivity index (χ2n) is 4.48. The number of nitrogens with two attached hydrogens (primary N) is 1. The summed E-state index contributed by atoms with van der Waals surface area (Å²) in [6.07, 6.45) is -5.31. The molecule has 9 heteroatoms. The second kappa shape index (κ2) is 7.61. The highest BCUT2D eigenvalue weighted by atomic mass is 19.4. The number of amides is 2. The van der Waals surface area contributed by atoms with Crippen molar-refractivity contribution in [3.05, 3.63) is 35.4 Å². The summed E-state index contributed by atoms with van der Waals surface area (Å²) in [6.45, 7) is 1.59. The Labute approximate surface area is 129 Å². The van der Waals surface area contributed by atoms with Gasteiger partial charge >= 0.3 is 12.1 Å². The summed E-state index contributed by atoms with van der Waals surface area (Å²) >= 11 is 0. The van der Waals surface area contributed by atoms with Crippen LogP contribution in [0.15, 0.2) is 24.3 Å². The summed E-state index contributed by atoms with van der Waals surface area (Å²) in [5, 5.41) is 2.02. The minimum absolute atomic E-state index is 0.0508. The fourth-order valence-electron chi connectivity index (χ4n) is 1.77. The lowest BCUT2D eigenvalue weighted by Gasteiger charge is -2.17. The summed E-state index contributed by atoms with van der Waals surface area (Å²) in [7, 11) is 0. The van der Waals surface area contributed by atoms with Gasteiger partial charge in [-0.05, 0) is 19.1 Å². The first-order valence-corrected chi connectivity index (χ1v) is 6.58. The van der Waals surface area contributed by atoms with Crippen LogP contribution in [0.3, 0.4) is 0 Å². The van der Waals surface area contributed by atoms with Crippen molar-refractivity contribution in [2.45, 2.75) is 25.6 Å². The van der Waals surface area contributed by atoms with Gasteiger partial charge in [0.2, 0.25) is 5.91 Å². The Bertz CT molecular complexity index is 602. The Kier molecular flexibility index (Phi) is 6.11. The Morgan fingerprint density at radius 3 is 2.39 bits per heavy atom. The zero-order valence-electron chi connectivity index (χ0n) is 12.1. The normalized spacial score (nSPS) is 12.3. The molecule has 1 rings (SSSR count). The number of nitrogens with one attached hydrogen (secondary N) is 1. The quantitative estimate of drug-likeness (QED) is 0.766. The maximum Gasteiger partial charge on any atom is 0.417 e. The number of ether oxygens (including phenoxy) is 1. The summed E-state index contributed by atoms with van der Waals surface area (Å²) in [6, 6.07) is 2.60. The van der Waals surface area contributed by atoms with Crippen LogP contribution in [0.1, 0.15) is 29.3 Å². The highest BCUT2D eigenvalue weighted by molar-refractivity contribution is 5.99. The molecule has 23 heavy (non-hydrogen) atoms. The van der Waals surface area contributed by atoms with Crippen LogP contribution in [0.2, 0.25) is 0 Å². The maximum absolute atomic E-state index is 12.9. The number of esters is 1. The lowest BCUT2D eigenvalue weighted by molar-refractivity contribution is -0.145. The van der Waals surface area contributed by atoms with Crippen molar-refractivity contribution >= 4 is 17.8 Å². The van der Waals surface area contributed by atoms with Crippen molar-refractivity contribution in [1.29, 1.82) is 0 Å². The first-order chi connectivity index (χ1) is 10.7. The molecule has 1 aromatic carbocycles.